The van der Waals surface area contributed by atoms with Crippen LogP contribution >= 0.6 is 0 Å². The largest absolute Gasteiger partial charge is 0.316 e. The third-order valence-electron chi connectivity index (χ3n) is 4.64. The fraction of sp³-hybridized carbons (Fsp3) is 0.588. The number of rotatable bonds is 3. The Bertz CT molecular complexity index is 480. The molecule has 1 N–H and O–H groups in total. The van der Waals surface area contributed by atoms with E-state index < -0.39 is 0 Å². The molecular weight excluding hydrogens is 248 g/mol. The first-order valence-corrected chi connectivity index (χ1v) is 7.86. The summed E-state index contributed by atoms with van der Waals surface area (Å²) in [6.07, 6.45) is 5.23. The van der Waals surface area contributed by atoms with Crippen LogP contribution in [0.25, 0.3) is 0 Å². The molecule has 0 aromatic heterocycles. The van der Waals surface area contributed by atoms with Crippen molar-refractivity contribution in [2.45, 2.75) is 45.1 Å². The van der Waals surface area contributed by atoms with Crippen molar-refractivity contribution in [3.8, 4) is 0 Å². The highest BCUT2D eigenvalue weighted by Gasteiger charge is 2.30. The molecule has 1 aromatic rings. The van der Waals surface area contributed by atoms with E-state index in [1.54, 1.807) is 0 Å². The quantitative estimate of drug-likeness (QED) is 0.917. The second-order valence-electron chi connectivity index (χ2n) is 6.20. The van der Waals surface area contributed by atoms with Crippen LogP contribution in [-0.4, -0.2) is 25.0 Å². The lowest BCUT2D eigenvalue weighted by atomic mass is 9.94. The molecule has 3 nitrogen and oxygen atoms in total. The Morgan fingerprint density at radius 2 is 2.25 bits per heavy atom. The van der Waals surface area contributed by atoms with Gasteiger partial charge in [-0.15, -0.1) is 0 Å². The van der Waals surface area contributed by atoms with Crippen LogP contribution in [0.2, 0.25) is 0 Å². The van der Waals surface area contributed by atoms with Gasteiger partial charge in [0, 0.05) is 18.2 Å². The summed E-state index contributed by atoms with van der Waals surface area (Å²) >= 11 is 0. The molecule has 0 radical (unpaired) electrons. The van der Waals surface area contributed by atoms with E-state index in [-0.39, 0.29) is 0 Å². The molecule has 2 heterocycles. The Hall–Kier alpha value is -1.35. The normalized spacial score (nSPS) is 25.6. The molecule has 1 fully saturated rings. The van der Waals surface area contributed by atoms with Crippen molar-refractivity contribution in [1.82, 2.24) is 5.32 Å². The summed E-state index contributed by atoms with van der Waals surface area (Å²) in [7, 11) is 0. The molecule has 1 amide bonds. The summed E-state index contributed by atoms with van der Waals surface area (Å²) in [6.45, 7) is 4.38. The van der Waals surface area contributed by atoms with Gasteiger partial charge in [-0.2, -0.15) is 0 Å². The topological polar surface area (TPSA) is 32.3 Å². The van der Waals surface area contributed by atoms with E-state index in [0.29, 0.717) is 24.3 Å². The summed E-state index contributed by atoms with van der Waals surface area (Å²) in [4.78, 5) is 14.6. The van der Waals surface area contributed by atoms with Gasteiger partial charge >= 0.3 is 0 Å². The molecule has 2 aliphatic heterocycles. The third-order valence-corrected chi connectivity index (χ3v) is 4.64. The van der Waals surface area contributed by atoms with Crippen LogP contribution in [0, 0.1) is 5.92 Å². The van der Waals surface area contributed by atoms with Crippen LogP contribution in [-0.2, 0) is 11.2 Å². The molecule has 20 heavy (non-hydrogen) atoms. The highest BCUT2D eigenvalue weighted by molar-refractivity contribution is 5.96. The van der Waals surface area contributed by atoms with E-state index in [1.807, 2.05) is 11.0 Å². The van der Waals surface area contributed by atoms with Crippen LogP contribution in [0.3, 0.4) is 0 Å². The van der Waals surface area contributed by atoms with Crippen LogP contribution in [0.4, 0.5) is 5.69 Å². The van der Waals surface area contributed by atoms with Crippen molar-refractivity contribution in [3.05, 3.63) is 29.8 Å². The molecule has 0 bridgehead atoms. The Labute approximate surface area is 121 Å². The molecule has 0 spiro atoms. The molecule has 1 aromatic carbocycles. The smallest absolute Gasteiger partial charge is 0.227 e. The van der Waals surface area contributed by atoms with Crippen LogP contribution in [0.5, 0.6) is 0 Å². The number of benzene rings is 1. The lowest BCUT2D eigenvalue weighted by Gasteiger charge is -2.26. The van der Waals surface area contributed by atoms with Gasteiger partial charge in [-0.3, -0.25) is 4.79 Å². The number of para-hydroxylation sites is 1. The van der Waals surface area contributed by atoms with Gasteiger partial charge in [-0.1, -0.05) is 18.2 Å². The first kappa shape index (κ1) is 13.6. The predicted octanol–water partition coefficient (Wildman–Crippen LogP) is 2.74. The minimum Gasteiger partial charge on any atom is -0.316 e. The highest BCUT2D eigenvalue weighted by Crippen LogP contribution is 2.32. The number of carbonyl (C=O) groups excluding carboxylic acids is 1. The number of nitrogens with zero attached hydrogens (tertiary/aromatic N) is 1. The summed E-state index contributed by atoms with van der Waals surface area (Å²) < 4.78 is 0. The molecule has 108 valence electrons. The zero-order chi connectivity index (χ0) is 13.9. The molecule has 0 aliphatic carbocycles. The van der Waals surface area contributed by atoms with Gasteiger partial charge in [-0.05, 0) is 63.2 Å². The number of carbonyl (C=O) groups is 1. The Morgan fingerprint density at radius 1 is 1.40 bits per heavy atom. The molecule has 3 rings (SSSR count). The molecule has 2 atom stereocenters. The summed E-state index contributed by atoms with van der Waals surface area (Å²) in [5, 5.41) is 3.43. The summed E-state index contributed by atoms with van der Waals surface area (Å²) in [5.74, 6) is 0.980. The second kappa shape index (κ2) is 5.96. The molecule has 2 unspecified atom stereocenters. The average Bonchev–Trinajstić information content (AvgIpc) is 2.82. The number of fused-ring (bicyclic) bond motifs is 1. The lowest BCUT2D eigenvalue weighted by Crippen LogP contribution is -2.36. The summed E-state index contributed by atoms with van der Waals surface area (Å²) in [6, 6.07) is 8.63. The van der Waals surface area contributed by atoms with E-state index in [1.165, 1.54) is 18.4 Å². The fourth-order valence-electron chi connectivity index (χ4n) is 3.56. The minimum absolute atomic E-state index is 0.299. The van der Waals surface area contributed by atoms with Crippen molar-refractivity contribution in [2.24, 2.45) is 5.92 Å². The van der Waals surface area contributed by atoms with Gasteiger partial charge in [0.05, 0.1) is 0 Å². The Morgan fingerprint density at radius 3 is 3.05 bits per heavy atom. The third kappa shape index (κ3) is 2.73. The maximum Gasteiger partial charge on any atom is 0.227 e. The first-order valence-electron chi connectivity index (χ1n) is 7.86. The minimum atomic E-state index is 0.299. The van der Waals surface area contributed by atoms with Crippen molar-refractivity contribution in [1.29, 1.82) is 0 Å². The van der Waals surface area contributed by atoms with Crippen molar-refractivity contribution < 1.29 is 4.79 Å². The van der Waals surface area contributed by atoms with E-state index in [2.05, 4.69) is 30.4 Å². The van der Waals surface area contributed by atoms with Gasteiger partial charge in [0.15, 0.2) is 0 Å². The van der Waals surface area contributed by atoms with Gasteiger partial charge in [0.1, 0.15) is 0 Å². The summed E-state index contributed by atoms with van der Waals surface area (Å²) in [5.41, 5.74) is 2.44. The number of hydrogen-bond acceptors (Lipinski definition) is 2. The van der Waals surface area contributed by atoms with E-state index >= 15 is 0 Å². The highest BCUT2D eigenvalue weighted by atomic mass is 16.2. The Kier molecular flexibility index (Phi) is 4.06. The maximum absolute atomic E-state index is 12.6. The number of anilines is 1. The van der Waals surface area contributed by atoms with Crippen molar-refractivity contribution in [2.75, 3.05) is 18.0 Å². The Balaban J connectivity index is 1.62. The van der Waals surface area contributed by atoms with E-state index in [0.717, 1.165) is 31.6 Å². The zero-order valence-electron chi connectivity index (χ0n) is 12.3. The van der Waals surface area contributed by atoms with Gasteiger partial charge in [-0.25, -0.2) is 0 Å². The lowest BCUT2D eigenvalue weighted by molar-refractivity contribution is -0.119. The standard InChI is InChI=1S/C17H24N2O/c1-13-11-15-6-2-3-7-16(15)19(13)17(20)9-8-14-5-4-10-18-12-14/h2-3,6-7,13-14,18H,4-5,8-12H2,1H3. The average molecular weight is 272 g/mol. The number of piperidine rings is 1. The monoisotopic (exact) mass is 272 g/mol. The molecule has 3 heteroatoms. The SMILES string of the molecule is CC1Cc2ccccc2N1C(=O)CCC1CCCNC1. The van der Waals surface area contributed by atoms with Crippen LogP contribution < -0.4 is 10.2 Å². The molecular formula is C17H24N2O. The van der Waals surface area contributed by atoms with Gasteiger partial charge in [0.25, 0.3) is 0 Å². The molecule has 1 saturated heterocycles. The number of amides is 1. The van der Waals surface area contributed by atoms with Gasteiger partial charge in [0.2, 0.25) is 5.91 Å². The first-order chi connectivity index (χ1) is 9.75. The van der Waals surface area contributed by atoms with Crippen molar-refractivity contribution in [3.63, 3.8) is 0 Å². The van der Waals surface area contributed by atoms with E-state index in [9.17, 15) is 4.79 Å². The number of nitrogens with one attached hydrogen (secondary N) is 1. The van der Waals surface area contributed by atoms with Crippen LogP contribution in [0.1, 0.15) is 38.2 Å². The fourth-order valence-corrected chi connectivity index (χ4v) is 3.56. The van der Waals surface area contributed by atoms with Crippen LogP contribution in [0.15, 0.2) is 24.3 Å². The van der Waals surface area contributed by atoms with E-state index in [4.69, 9.17) is 0 Å². The predicted molar refractivity (Wildman–Crippen MR) is 81.9 cm³/mol. The second-order valence-corrected chi connectivity index (χ2v) is 6.20. The molecule has 0 saturated carbocycles. The number of hydrogen-bond donors (Lipinski definition) is 1. The van der Waals surface area contributed by atoms with Crippen molar-refractivity contribution >= 4 is 11.6 Å². The van der Waals surface area contributed by atoms with Gasteiger partial charge < -0.3 is 10.2 Å². The zero-order valence-corrected chi connectivity index (χ0v) is 12.3. The molecule has 2 aliphatic rings. The maximum atomic E-state index is 12.6.